The number of nitrogens with zero attached hydrogens (tertiary/aromatic N) is 3. The van der Waals surface area contributed by atoms with Crippen molar-refractivity contribution < 1.29 is 0 Å². The van der Waals surface area contributed by atoms with Crippen LogP contribution in [-0.4, -0.2) is 15.0 Å². The zero-order valence-electron chi connectivity index (χ0n) is 29.0. The van der Waals surface area contributed by atoms with Gasteiger partial charge in [-0.05, 0) is 73.5 Å². The van der Waals surface area contributed by atoms with Crippen molar-refractivity contribution in [1.82, 2.24) is 15.0 Å². The molecule has 0 aliphatic heterocycles. The number of aromatic nitrogens is 3. The third kappa shape index (κ3) is 3.98. The van der Waals surface area contributed by atoms with E-state index in [1.165, 1.54) is 70.1 Å². The maximum Gasteiger partial charge on any atom is 0.164 e. The first-order valence-electron chi connectivity index (χ1n) is 18.4. The van der Waals surface area contributed by atoms with Crippen LogP contribution in [0.1, 0.15) is 22.3 Å². The molecule has 4 heteroatoms. The second-order valence-corrected chi connectivity index (χ2v) is 15.3. The van der Waals surface area contributed by atoms with Crippen molar-refractivity contribution in [2.24, 2.45) is 0 Å². The highest BCUT2D eigenvalue weighted by molar-refractivity contribution is 7.25. The minimum atomic E-state index is -0.464. The number of hydrogen-bond donors (Lipinski definition) is 0. The second kappa shape index (κ2) is 11.1. The van der Waals surface area contributed by atoms with Crippen LogP contribution in [-0.2, 0) is 5.41 Å². The molecule has 0 fully saturated rings. The smallest absolute Gasteiger partial charge is 0.164 e. The molecule has 0 radical (unpaired) electrons. The molecule has 0 atom stereocenters. The summed E-state index contributed by atoms with van der Waals surface area (Å²) in [6, 6.07) is 63.7. The van der Waals surface area contributed by atoms with Gasteiger partial charge in [-0.3, -0.25) is 0 Å². The van der Waals surface area contributed by atoms with Crippen LogP contribution < -0.4 is 0 Å². The molecular weight excluding hydrogens is 675 g/mol. The summed E-state index contributed by atoms with van der Waals surface area (Å²) in [6.45, 7) is 0. The van der Waals surface area contributed by atoms with E-state index in [0.29, 0.717) is 17.5 Å². The van der Waals surface area contributed by atoms with E-state index in [1.807, 2.05) is 29.5 Å². The molecule has 2 aliphatic rings. The van der Waals surface area contributed by atoms with Crippen molar-refractivity contribution in [1.29, 1.82) is 0 Å². The highest BCUT2D eigenvalue weighted by atomic mass is 32.1. The zero-order valence-corrected chi connectivity index (χ0v) is 29.8. The van der Waals surface area contributed by atoms with Crippen molar-refractivity contribution in [3.8, 4) is 56.4 Å². The highest BCUT2D eigenvalue weighted by Gasteiger charge is 2.49. The van der Waals surface area contributed by atoms with E-state index in [0.717, 1.165) is 22.1 Å². The second-order valence-electron chi connectivity index (χ2n) is 14.3. The maximum absolute atomic E-state index is 5.30. The van der Waals surface area contributed by atoms with Gasteiger partial charge in [0.1, 0.15) is 0 Å². The normalized spacial score (nSPS) is 13.3. The van der Waals surface area contributed by atoms with E-state index in [9.17, 15) is 0 Å². The van der Waals surface area contributed by atoms with Crippen LogP contribution in [0.3, 0.4) is 0 Å². The lowest BCUT2D eigenvalue weighted by atomic mass is 9.61. The molecule has 1 spiro atoms. The molecule has 2 heterocycles. The predicted molar refractivity (Wildman–Crippen MR) is 223 cm³/mol. The van der Waals surface area contributed by atoms with Gasteiger partial charge >= 0.3 is 0 Å². The Kier molecular flexibility index (Phi) is 6.14. The molecule has 0 unspecified atom stereocenters. The van der Waals surface area contributed by atoms with Crippen LogP contribution in [0.5, 0.6) is 0 Å². The first kappa shape index (κ1) is 29.8. The summed E-state index contributed by atoms with van der Waals surface area (Å²) in [4.78, 5) is 15.7. The minimum Gasteiger partial charge on any atom is -0.208 e. The van der Waals surface area contributed by atoms with Gasteiger partial charge < -0.3 is 0 Å². The van der Waals surface area contributed by atoms with Crippen LogP contribution >= 0.6 is 11.3 Å². The molecule has 0 bridgehead atoms. The number of thiophene rings is 1. The van der Waals surface area contributed by atoms with Gasteiger partial charge in [0, 0.05) is 36.9 Å². The lowest BCUT2D eigenvalue weighted by Gasteiger charge is -2.40. The first-order valence-corrected chi connectivity index (χ1v) is 19.2. The van der Waals surface area contributed by atoms with Crippen LogP contribution in [0.2, 0.25) is 0 Å². The van der Waals surface area contributed by atoms with Gasteiger partial charge in [-0.15, -0.1) is 11.3 Å². The van der Waals surface area contributed by atoms with E-state index in [2.05, 4.69) is 158 Å². The van der Waals surface area contributed by atoms with Gasteiger partial charge in [-0.25, -0.2) is 15.0 Å². The lowest BCUT2D eigenvalue weighted by molar-refractivity contribution is 0.773. The van der Waals surface area contributed by atoms with Gasteiger partial charge in [0.25, 0.3) is 0 Å². The third-order valence-electron chi connectivity index (χ3n) is 11.6. The molecule has 0 N–H and O–H groups in total. The first-order chi connectivity index (χ1) is 26.8. The average Bonchev–Trinajstić information content (AvgIpc) is 3.76. The quantitative estimate of drug-likeness (QED) is 0.184. The predicted octanol–water partition coefficient (Wildman–Crippen LogP) is 12.7. The van der Waals surface area contributed by atoms with E-state index in [-0.39, 0.29) is 0 Å². The molecule has 8 aromatic carbocycles. The third-order valence-corrected chi connectivity index (χ3v) is 12.7. The van der Waals surface area contributed by atoms with Crippen molar-refractivity contribution in [2.45, 2.75) is 5.41 Å². The Balaban J connectivity index is 1.14. The number of benzene rings is 8. The van der Waals surface area contributed by atoms with Crippen molar-refractivity contribution in [2.75, 3.05) is 0 Å². The van der Waals surface area contributed by atoms with Crippen LogP contribution in [0.4, 0.5) is 0 Å². The number of fused-ring (bicyclic) bond motifs is 12. The summed E-state index contributed by atoms with van der Waals surface area (Å²) in [5.41, 5.74) is 12.8. The van der Waals surface area contributed by atoms with Crippen LogP contribution in [0.15, 0.2) is 176 Å². The fourth-order valence-electron chi connectivity index (χ4n) is 9.35. The summed E-state index contributed by atoms with van der Waals surface area (Å²) >= 11 is 1.81. The molecule has 0 saturated carbocycles. The monoisotopic (exact) mass is 703 g/mol. The Morgan fingerprint density at radius 3 is 1.61 bits per heavy atom. The minimum absolute atomic E-state index is 0.464. The number of hydrogen-bond acceptors (Lipinski definition) is 4. The molecule has 2 aromatic heterocycles. The van der Waals surface area contributed by atoms with Crippen LogP contribution in [0.25, 0.3) is 87.4 Å². The van der Waals surface area contributed by atoms with E-state index < -0.39 is 5.41 Å². The van der Waals surface area contributed by atoms with Gasteiger partial charge in [-0.2, -0.15) is 0 Å². The van der Waals surface area contributed by atoms with Crippen molar-refractivity contribution >= 4 is 42.3 Å². The van der Waals surface area contributed by atoms with E-state index in [1.54, 1.807) is 0 Å². The molecule has 12 rings (SSSR count). The highest BCUT2D eigenvalue weighted by Crippen LogP contribution is 2.62. The van der Waals surface area contributed by atoms with E-state index in [4.69, 9.17) is 15.0 Å². The SMILES string of the molecule is c1ccc(-c2nc(-c3ccc4c(c3)sc3ccccc34)nc(-c3ccc4c5c(cccc35)C3(c5ccccc5-c5ccccc53)c3ccccc3-4)n2)cc1. The van der Waals surface area contributed by atoms with Gasteiger partial charge in [-0.1, -0.05) is 158 Å². The van der Waals surface area contributed by atoms with Crippen LogP contribution in [0, 0.1) is 0 Å². The largest absolute Gasteiger partial charge is 0.208 e. The van der Waals surface area contributed by atoms with Crippen molar-refractivity contribution in [3.05, 3.63) is 198 Å². The molecule has 54 heavy (non-hydrogen) atoms. The Morgan fingerprint density at radius 2 is 0.870 bits per heavy atom. The fraction of sp³-hybridized carbons (Fsp3) is 0.0200. The molecular formula is C50H29N3S. The molecule has 2 aliphatic carbocycles. The Bertz CT molecular complexity index is 3130. The molecule has 250 valence electrons. The summed E-state index contributed by atoms with van der Waals surface area (Å²) in [5, 5.41) is 4.91. The topological polar surface area (TPSA) is 38.7 Å². The lowest BCUT2D eigenvalue weighted by Crippen LogP contribution is -2.31. The Labute approximate surface area is 315 Å². The van der Waals surface area contributed by atoms with E-state index >= 15 is 0 Å². The number of rotatable bonds is 3. The Hall–Kier alpha value is -6.75. The van der Waals surface area contributed by atoms with Gasteiger partial charge in [0.15, 0.2) is 17.5 Å². The molecule has 0 amide bonds. The summed E-state index contributed by atoms with van der Waals surface area (Å²) in [7, 11) is 0. The summed E-state index contributed by atoms with van der Waals surface area (Å²) in [5.74, 6) is 1.99. The average molecular weight is 704 g/mol. The van der Waals surface area contributed by atoms with Crippen molar-refractivity contribution in [3.63, 3.8) is 0 Å². The zero-order chi connectivity index (χ0) is 35.4. The molecule has 3 nitrogen and oxygen atoms in total. The Morgan fingerprint density at radius 1 is 0.333 bits per heavy atom. The van der Waals surface area contributed by atoms with Gasteiger partial charge in [0.05, 0.1) is 5.41 Å². The van der Waals surface area contributed by atoms with Gasteiger partial charge in [0.2, 0.25) is 0 Å². The molecule has 10 aromatic rings. The summed E-state index contributed by atoms with van der Waals surface area (Å²) < 4.78 is 2.50. The summed E-state index contributed by atoms with van der Waals surface area (Å²) in [6.07, 6.45) is 0. The molecule has 0 saturated heterocycles. The maximum atomic E-state index is 5.30. The standard InChI is InChI=1S/C50H29N3S/c1-2-13-30(14-3-1)47-51-48(31-25-26-36-35-18-7-11-24-44(35)54-45(36)29-31)53-49(52-47)39-28-27-38-34-17-6-10-22-42(34)50(43-23-12-19-37(39)46(38)43)40-20-8-4-15-32(40)33-16-5-9-21-41(33)50/h1-29H. The fourth-order valence-corrected chi connectivity index (χ4v) is 10.5.